The van der Waals surface area contributed by atoms with Crippen molar-refractivity contribution in [2.24, 2.45) is 0 Å². The third-order valence-electron chi connectivity index (χ3n) is 19.0. The number of hydrogen-bond acceptors (Lipinski definition) is 8. The number of amides is 8. The fourth-order valence-corrected chi connectivity index (χ4v) is 15.0. The van der Waals surface area contributed by atoms with E-state index in [0.717, 1.165) is 77.3 Å². The number of benzene rings is 12. The summed E-state index contributed by atoms with van der Waals surface area (Å²) in [5, 5.41) is 8.03. The number of anilines is 4. The predicted molar refractivity (Wildman–Crippen MR) is 349 cm³/mol. The van der Waals surface area contributed by atoms with E-state index in [1.54, 1.807) is 97.1 Å². The lowest BCUT2D eigenvalue weighted by atomic mass is 9.92. The lowest BCUT2D eigenvalue weighted by molar-refractivity contribution is 0.0910. The van der Waals surface area contributed by atoms with Crippen LogP contribution < -0.4 is 19.6 Å². The lowest BCUT2D eigenvalue weighted by Crippen LogP contribution is -2.29. The molecule has 0 spiro atoms. The Morgan fingerprint density at radius 3 is 1.08 bits per heavy atom. The predicted octanol–water partition coefficient (Wildman–Crippen LogP) is 15.4. The van der Waals surface area contributed by atoms with E-state index >= 15 is 0 Å². The monoisotopic (exact) mass is 1170 g/mol. The van der Waals surface area contributed by atoms with Gasteiger partial charge in [0.25, 0.3) is 47.3 Å². The number of carbonyl (C=O) groups excluding carboxylic acids is 8. The molecule has 6 heterocycles. The van der Waals surface area contributed by atoms with E-state index in [-0.39, 0.29) is 44.5 Å². The van der Waals surface area contributed by atoms with Crippen LogP contribution in [0.3, 0.4) is 0 Å². The summed E-state index contributed by atoms with van der Waals surface area (Å²) in [6, 6.07) is 61.9. The molecule has 14 nitrogen and oxygen atoms in total. The van der Waals surface area contributed by atoms with E-state index in [4.69, 9.17) is 0 Å². The zero-order chi connectivity index (χ0) is 60.9. The summed E-state index contributed by atoms with van der Waals surface area (Å²) in [4.78, 5) is 122. The number of fused-ring (bicyclic) bond motifs is 10. The van der Waals surface area contributed by atoms with Crippen molar-refractivity contribution in [1.29, 1.82) is 0 Å². The number of aryl methyl sites for hydroxylation is 2. The Kier molecular flexibility index (Phi) is 10.3. The zero-order valence-corrected chi connectivity index (χ0v) is 48.0. The molecule has 8 amide bonds. The molecule has 14 heteroatoms. The van der Waals surface area contributed by atoms with Crippen molar-refractivity contribution in [3.05, 3.63) is 251 Å². The Labute approximate surface area is 510 Å². The molecule has 4 aliphatic rings. The molecule has 426 valence electrons. The molecule has 14 aromatic rings. The summed E-state index contributed by atoms with van der Waals surface area (Å²) in [6.45, 7) is 5.63. The van der Waals surface area contributed by atoms with E-state index in [9.17, 15) is 38.4 Å². The van der Waals surface area contributed by atoms with Gasteiger partial charge in [-0.1, -0.05) is 109 Å². The Hall–Kier alpha value is -12.2. The number of imide groups is 4. The summed E-state index contributed by atoms with van der Waals surface area (Å²) in [5.74, 6) is -4.15. The van der Waals surface area contributed by atoms with E-state index in [1.165, 1.54) is 9.80 Å². The Bertz CT molecular complexity index is 5460. The highest BCUT2D eigenvalue weighted by Crippen LogP contribution is 2.47. The highest BCUT2D eigenvalue weighted by Gasteiger charge is 2.44. The third-order valence-corrected chi connectivity index (χ3v) is 19.0. The molecular weight excluding hydrogens is 1120 g/mol. The minimum Gasteiger partial charge on any atom is -0.341 e. The number of para-hydroxylation sites is 2. The van der Waals surface area contributed by atoms with Crippen molar-refractivity contribution in [1.82, 2.24) is 9.13 Å². The second-order valence-corrected chi connectivity index (χ2v) is 23.3. The van der Waals surface area contributed by atoms with Crippen LogP contribution in [0.1, 0.15) is 96.7 Å². The van der Waals surface area contributed by atoms with Gasteiger partial charge in [-0.15, -0.1) is 0 Å². The number of carbonyl (C=O) groups is 8. The van der Waals surface area contributed by atoms with Crippen molar-refractivity contribution in [2.75, 3.05) is 19.6 Å². The fraction of sp³-hybridized carbons (Fsp3) is 0.0526. The molecule has 2 aromatic heterocycles. The van der Waals surface area contributed by atoms with Crippen molar-refractivity contribution in [2.45, 2.75) is 26.9 Å². The first kappa shape index (κ1) is 51.1. The zero-order valence-electron chi connectivity index (χ0n) is 48.0. The summed E-state index contributed by atoms with van der Waals surface area (Å²) in [5.41, 5.74) is 8.93. The summed E-state index contributed by atoms with van der Waals surface area (Å²) in [6.07, 6.45) is 0. The highest BCUT2D eigenvalue weighted by molar-refractivity contribution is 6.42. The molecular formula is C76H44N6O8. The Morgan fingerprint density at radius 1 is 0.267 bits per heavy atom. The van der Waals surface area contributed by atoms with Gasteiger partial charge < -0.3 is 9.13 Å². The van der Waals surface area contributed by atoms with Crippen molar-refractivity contribution in [3.63, 3.8) is 0 Å². The molecule has 0 aliphatic carbocycles. The molecule has 0 saturated carbocycles. The summed E-state index contributed by atoms with van der Waals surface area (Å²) in [7, 11) is 0. The first-order valence-electron chi connectivity index (χ1n) is 29.7. The second kappa shape index (κ2) is 18.2. The Balaban J connectivity index is 0.660. The smallest absolute Gasteiger partial charge is 0.266 e. The van der Waals surface area contributed by atoms with Gasteiger partial charge in [-0.25, -0.2) is 19.6 Å². The van der Waals surface area contributed by atoms with Crippen LogP contribution in [0.2, 0.25) is 0 Å². The number of hydrogen-bond donors (Lipinski definition) is 0. The first-order valence-corrected chi connectivity index (χ1v) is 29.7. The normalized spacial score (nSPS) is 14.7. The van der Waals surface area contributed by atoms with Gasteiger partial charge >= 0.3 is 0 Å². The van der Waals surface area contributed by atoms with Gasteiger partial charge in [-0.05, 0) is 155 Å². The first-order chi connectivity index (χ1) is 43.9. The standard InChI is InChI=1S/C76H44N6O8/c1-3-77-59-17-7-5-11-47(59)55-37-43(25-33-61(55)77)79-71(85)53-15-9-13-45(67(53)75(79)89)41-21-27-49-57(35-41)73(87)81(69(49)83)63-31-23-39-20-30-52-64(32-24-40-19-29-51(63)65(39)66(40)52)82-70(84)50-28-22-42(36-58(50)74(82)88)46-14-10-16-54-68(46)76(90)80(72(54)86)44-26-34-62-56(38-44)48-12-6-8-18-60(48)78(62)4-2/h5-38H,3-4H2,1-2H3. The van der Waals surface area contributed by atoms with Crippen molar-refractivity contribution < 1.29 is 38.4 Å². The number of rotatable bonds is 8. The molecule has 12 aromatic carbocycles. The van der Waals surface area contributed by atoms with Crippen LogP contribution in [0.15, 0.2) is 206 Å². The molecule has 0 fully saturated rings. The minimum atomic E-state index is -0.572. The average Bonchev–Trinajstić information content (AvgIpc) is 1.00. The van der Waals surface area contributed by atoms with Gasteiger partial charge in [0.2, 0.25) is 0 Å². The van der Waals surface area contributed by atoms with Gasteiger partial charge in [0.05, 0.1) is 67.3 Å². The van der Waals surface area contributed by atoms with Gasteiger partial charge in [0.15, 0.2) is 0 Å². The number of aromatic nitrogens is 2. The van der Waals surface area contributed by atoms with Gasteiger partial charge in [0.1, 0.15) is 0 Å². The molecule has 0 radical (unpaired) electrons. The molecule has 0 bridgehead atoms. The minimum absolute atomic E-state index is 0.132. The van der Waals surface area contributed by atoms with Crippen LogP contribution in [-0.2, 0) is 13.1 Å². The molecule has 90 heavy (non-hydrogen) atoms. The molecule has 0 saturated heterocycles. The molecule has 18 rings (SSSR count). The molecule has 0 atom stereocenters. The quantitative estimate of drug-likeness (QED) is 0.107. The second-order valence-electron chi connectivity index (χ2n) is 23.3. The fourth-order valence-electron chi connectivity index (χ4n) is 15.0. The SMILES string of the molecule is CCn1c2ccccc2c2cc(N3C(=O)c4cccc(-c5ccc6c(c5)C(=O)N(c5ccc7ccc8c(N9C(=O)c%10ccc(-c%11cccc%12c%11C(=O)N(c%11ccc%13c(c%11)c%11ccccc%11n%13CC)C%12=O)cc%10C9=O)ccc9ccc5c7c98)C6=O)c4C3=O)ccc21. The van der Waals surface area contributed by atoms with Crippen LogP contribution in [0, 0.1) is 0 Å². The topological polar surface area (TPSA) is 159 Å². The van der Waals surface area contributed by atoms with E-state index in [0.29, 0.717) is 66.5 Å². The van der Waals surface area contributed by atoms with Gasteiger partial charge in [-0.3, -0.25) is 38.4 Å². The highest BCUT2D eigenvalue weighted by atomic mass is 16.2. The van der Waals surface area contributed by atoms with Gasteiger partial charge in [0, 0.05) is 67.5 Å². The van der Waals surface area contributed by atoms with Crippen molar-refractivity contribution in [3.8, 4) is 22.3 Å². The van der Waals surface area contributed by atoms with Crippen molar-refractivity contribution >= 4 is 146 Å². The largest absolute Gasteiger partial charge is 0.341 e. The maximum absolute atomic E-state index is 14.9. The number of nitrogens with zero attached hydrogens (tertiary/aromatic N) is 6. The van der Waals surface area contributed by atoms with Crippen LogP contribution in [0.25, 0.3) is 98.2 Å². The van der Waals surface area contributed by atoms with Crippen LogP contribution in [0.4, 0.5) is 22.7 Å². The maximum atomic E-state index is 14.9. The molecule has 0 unspecified atom stereocenters. The van der Waals surface area contributed by atoms with Crippen LogP contribution in [-0.4, -0.2) is 56.4 Å². The van der Waals surface area contributed by atoms with E-state index in [2.05, 4.69) is 35.1 Å². The van der Waals surface area contributed by atoms with Crippen LogP contribution in [0.5, 0.6) is 0 Å². The van der Waals surface area contributed by atoms with Gasteiger partial charge in [-0.2, -0.15) is 0 Å². The van der Waals surface area contributed by atoms with E-state index < -0.39 is 47.3 Å². The summed E-state index contributed by atoms with van der Waals surface area (Å²) < 4.78 is 4.40. The third kappa shape index (κ3) is 6.59. The average molecular weight is 1170 g/mol. The maximum Gasteiger partial charge on any atom is 0.266 e. The summed E-state index contributed by atoms with van der Waals surface area (Å²) >= 11 is 0. The molecule has 4 aliphatic heterocycles. The Morgan fingerprint density at radius 2 is 0.644 bits per heavy atom. The van der Waals surface area contributed by atoms with E-state index in [1.807, 2.05) is 97.1 Å². The molecule has 0 N–H and O–H groups in total. The lowest BCUT2D eigenvalue weighted by Gasteiger charge is -2.22. The van der Waals surface area contributed by atoms with Crippen LogP contribution >= 0.6 is 0 Å².